The van der Waals surface area contributed by atoms with Crippen LogP contribution in [0.4, 0.5) is 11.4 Å². The van der Waals surface area contributed by atoms with Crippen molar-refractivity contribution in [2.24, 2.45) is 0 Å². The van der Waals surface area contributed by atoms with Crippen molar-refractivity contribution in [2.45, 2.75) is 13.8 Å². The Morgan fingerprint density at radius 1 is 0.875 bits per heavy atom. The molecule has 2 aromatic carbocycles. The Labute approximate surface area is 142 Å². The second-order valence-electron chi connectivity index (χ2n) is 5.32. The molecule has 126 valence electrons. The number of nitrogens with zero attached hydrogens (tertiary/aromatic N) is 1. The highest BCUT2D eigenvalue weighted by Gasteiger charge is 2.12. The van der Waals surface area contributed by atoms with E-state index in [-0.39, 0.29) is 18.4 Å². The van der Waals surface area contributed by atoms with E-state index < -0.39 is 0 Å². The summed E-state index contributed by atoms with van der Waals surface area (Å²) >= 11 is 0. The molecule has 5 nitrogen and oxygen atoms in total. The standard InChI is InChI=1S/C19H23N3O2/c1-3-22(4-2)19(24)15-10-12-17(13-11-15)21-18(23)14-20-16-8-6-5-7-9-16/h5-13,20H,3-4,14H2,1-2H3,(H,21,23). The molecule has 0 aromatic heterocycles. The van der Waals surface area contributed by atoms with Crippen molar-refractivity contribution in [1.82, 2.24) is 4.90 Å². The zero-order valence-electron chi connectivity index (χ0n) is 14.1. The fourth-order valence-electron chi connectivity index (χ4n) is 2.33. The van der Waals surface area contributed by atoms with E-state index in [9.17, 15) is 9.59 Å². The van der Waals surface area contributed by atoms with E-state index in [1.54, 1.807) is 29.2 Å². The van der Waals surface area contributed by atoms with Gasteiger partial charge in [0.2, 0.25) is 5.91 Å². The Kier molecular flexibility index (Phi) is 6.37. The summed E-state index contributed by atoms with van der Waals surface area (Å²) in [5, 5.41) is 5.86. The molecular formula is C19H23N3O2. The van der Waals surface area contributed by atoms with Crippen LogP contribution in [0.15, 0.2) is 54.6 Å². The number of carbonyl (C=O) groups excluding carboxylic acids is 2. The van der Waals surface area contributed by atoms with Crippen LogP contribution in [0.3, 0.4) is 0 Å². The Bertz CT molecular complexity index is 665. The zero-order valence-corrected chi connectivity index (χ0v) is 14.1. The third-order valence-corrected chi connectivity index (χ3v) is 3.69. The van der Waals surface area contributed by atoms with Gasteiger partial charge in [-0.2, -0.15) is 0 Å². The number of amides is 2. The average Bonchev–Trinajstić information content (AvgIpc) is 2.62. The Balaban J connectivity index is 1.89. The van der Waals surface area contributed by atoms with Gasteiger partial charge in [0.1, 0.15) is 0 Å². The first kappa shape index (κ1) is 17.5. The maximum atomic E-state index is 12.2. The number of benzene rings is 2. The molecule has 2 rings (SSSR count). The highest BCUT2D eigenvalue weighted by atomic mass is 16.2. The van der Waals surface area contributed by atoms with Crippen LogP contribution in [0.5, 0.6) is 0 Å². The quantitative estimate of drug-likeness (QED) is 0.821. The lowest BCUT2D eigenvalue weighted by Crippen LogP contribution is -2.30. The number of para-hydroxylation sites is 1. The highest BCUT2D eigenvalue weighted by molar-refractivity contribution is 5.96. The Morgan fingerprint density at radius 3 is 2.08 bits per heavy atom. The molecule has 0 spiro atoms. The summed E-state index contributed by atoms with van der Waals surface area (Å²) in [6.45, 7) is 5.45. The van der Waals surface area contributed by atoms with E-state index >= 15 is 0 Å². The van der Waals surface area contributed by atoms with Gasteiger partial charge in [0.25, 0.3) is 5.91 Å². The molecule has 0 atom stereocenters. The summed E-state index contributed by atoms with van der Waals surface area (Å²) in [5.74, 6) is -0.134. The molecule has 2 N–H and O–H groups in total. The lowest BCUT2D eigenvalue weighted by atomic mass is 10.1. The molecule has 0 unspecified atom stereocenters. The van der Waals surface area contributed by atoms with Crippen LogP contribution in [0, 0.1) is 0 Å². The molecule has 5 heteroatoms. The van der Waals surface area contributed by atoms with Crippen LogP contribution in [-0.4, -0.2) is 36.3 Å². The monoisotopic (exact) mass is 325 g/mol. The van der Waals surface area contributed by atoms with Crippen LogP contribution >= 0.6 is 0 Å². The van der Waals surface area contributed by atoms with E-state index in [1.807, 2.05) is 44.2 Å². The number of hydrogen-bond donors (Lipinski definition) is 2. The normalized spacial score (nSPS) is 10.1. The third-order valence-electron chi connectivity index (χ3n) is 3.69. The molecular weight excluding hydrogens is 302 g/mol. The number of hydrogen-bond acceptors (Lipinski definition) is 3. The molecule has 2 amide bonds. The van der Waals surface area contributed by atoms with Gasteiger partial charge in [-0.15, -0.1) is 0 Å². The second kappa shape index (κ2) is 8.72. The molecule has 24 heavy (non-hydrogen) atoms. The maximum Gasteiger partial charge on any atom is 0.253 e. The maximum absolute atomic E-state index is 12.2. The summed E-state index contributed by atoms with van der Waals surface area (Å²) in [6.07, 6.45) is 0. The molecule has 0 radical (unpaired) electrons. The van der Waals surface area contributed by atoms with Crippen LogP contribution in [0.2, 0.25) is 0 Å². The van der Waals surface area contributed by atoms with Crippen LogP contribution < -0.4 is 10.6 Å². The first-order chi connectivity index (χ1) is 11.6. The molecule has 0 aliphatic carbocycles. The van der Waals surface area contributed by atoms with Gasteiger partial charge in [-0.25, -0.2) is 0 Å². The largest absolute Gasteiger partial charge is 0.376 e. The van der Waals surface area contributed by atoms with E-state index in [1.165, 1.54) is 0 Å². The van der Waals surface area contributed by atoms with Crippen molar-refractivity contribution in [1.29, 1.82) is 0 Å². The van der Waals surface area contributed by atoms with Crippen molar-refractivity contribution < 1.29 is 9.59 Å². The summed E-state index contributed by atoms with van der Waals surface area (Å²) in [7, 11) is 0. The summed E-state index contributed by atoms with van der Waals surface area (Å²) < 4.78 is 0. The lowest BCUT2D eigenvalue weighted by Gasteiger charge is -2.18. The van der Waals surface area contributed by atoms with Gasteiger partial charge in [-0.3, -0.25) is 9.59 Å². The first-order valence-electron chi connectivity index (χ1n) is 8.12. The van der Waals surface area contributed by atoms with E-state index in [4.69, 9.17) is 0 Å². The number of nitrogens with one attached hydrogen (secondary N) is 2. The fourth-order valence-corrected chi connectivity index (χ4v) is 2.33. The molecule has 0 bridgehead atoms. The minimum absolute atomic E-state index is 0.00335. The molecule has 0 aliphatic rings. The highest BCUT2D eigenvalue weighted by Crippen LogP contribution is 2.12. The average molecular weight is 325 g/mol. The SMILES string of the molecule is CCN(CC)C(=O)c1ccc(NC(=O)CNc2ccccc2)cc1. The van der Waals surface area contributed by atoms with Gasteiger partial charge in [-0.05, 0) is 50.2 Å². The van der Waals surface area contributed by atoms with Crippen molar-refractivity contribution in [2.75, 3.05) is 30.3 Å². The molecule has 0 fully saturated rings. The molecule has 2 aromatic rings. The molecule has 0 aliphatic heterocycles. The van der Waals surface area contributed by atoms with Gasteiger partial charge in [-0.1, -0.05) is 18.2 Å². The fraction of sp³-hybridized carbons (Fsp3) is 0.263. The van der Waals surface area contributed by atoms with Gasteiger partial charge in [0.15, 0.2) is 0 Å². The van der Waals surface area contributed by atoms with Crippen molar-refractivity contribution in [3.63, 3.8) is 0 Å². The molecule has 0 heterocycles. The topological polar surface area (TPSA) is 61.4 Å². The van der Waals surface area contributed by atoms with Crippen LogP contribution in [0.1, 0.15) is 24.2 Å². The van der Waals surface area contributed by atoms with Gasteiger partial charge in [0, 0.05) is 30.0 Å². The number of rotatable bonds is 7. The van der Waals surface area contributed by atoms with Gasteiger partial charge in [0.05, 0.1) is 6.54 Å². The van der Waals surface area contributed by atoms with Crippen molar-refractivity contribution >= 4 is 23.2 Å². The summed E-state index contributed by atoms with van der Waals surface area (Å²) in [4.78, 5) is 25.9. The Morgan fingerprint density at radius 2 is 1.50 bits per heavy atom. The van der Waals surface area contributed by atoms with Crippen molar-refractivity contribution in [3.8, 4) is 0 Å². The predicted molar refractivity (Wildman–Crippen MR) is 97.3 cm³/mol. The smallest absolute Gasteiger partial charge is 0.253 e. The zero-order chi connectivity index (χ0) is 17.4. The third kappa shape index (κ3) is 4.84. The van der Waals surface area contributed by atoms with Crippen LogP contribution in [0.25, 0.3) is 0 Å². The number of anilines is 2. The lowest BCUT2D eigenvalue weighted by molar-refractivity contribution is -0.114. The predicted octanol–water partition coefficient (Wildman–Crippen LogP) is 3.22. The van der Waals surface area contributed by atoms with Gasteiger partial charge < -0.3 is 15.5 Å². The summed E-state index contributed by atoms with van der Waals surface area (Å²) in [5.41, 5.74) is 2.19. The minimum Gasteiger partial charge on any atom is -0.376 e. The molecule has 0 saturated carbocycles. The number of carbonyl (C=O) groups is 2. The Hall–Kier alpha value is -2.82. The minimum atomic E-state index is -0.137. The van der Waals surface area contributed by atoms with Crippen molar-refractivity contribution in [3.05, 3.63) is 60.2 Å². The van der Waals surface area contributed by atoms with E-state index in [0.29, 0.717) is 24.3 Å². The van der Waals surface area contributed by atoms with E-state index in [2.05, 4.69) is 10.6 Å². The first-order valence-corrected chi connectivity index (χ1v) is 8.12. The summed E-state index contributed by atoms with van der Waals surface area (Å²) in [6, 6.07) is 16.5. The van der Waals surface area contributed by atoms with Crippen LogP contribution in [-0.2, 0) is 4.79 Å². The van der Waals surface area contributed by atoms with Gasteiger partial charge >= 0.3 is 0 Å². The second-order valence-corrected chi connectivity index (χ2v) is 5.32. The van der Waals surface area contributed by atoms with E-state index in [0.717, 1.165) is 5.69 Å². The molecule has 0 saturated heterocycles.